The number of hydrogen-bond acceptors (Lipinski definition) is 31. The number of rotatable bonds is 75. The van der Waals surface area contributed by atoms with Crippen LogP contribution in [0.2, 0.25) is 0 Å². The molecule has 7 unspecified atom stereocenters. The van der Waals surface area contributed by atoms with Gasteiger partial charge in [-0.05, 0) is 100 Å². The number of hydrogen-bond donors (Lipinski definition) is 13. The van der Waals surface area contributed by atoms with Gasteiger partial charge in [0.15, 0.2) is 5.78 Å². The third-order valence-electron chi connectivity index (χ3n) is 17.6. The number of nitrogens with one attached hydrogen (secondary N) is 13. The molecule has 0 rings (SSSR count). The van der Waals surface area contributed by atoms with Crippen LogP contribution in [0.5, 0.6) is 0 Å². The first-order chi connectivity index (χ1) is 59.0. The zero-order valence-electron chi connectivity index (χ0n) is 73.0. The van der Waals surface area contributed by atoms with Crippen LogP contribution in [0, 0.1) is 0 Å². The molecule has 45 nitrogen and oxygen atoms in total. The monoisotopic (exact) mass is 1780 g/mol. The summed E-state index contributed by atoms with van der Waals surface area (Å²) in [5.74, 6) is -19.1. The van der Waals surface area contributed by atoms with Gasteiger partial charge < -0.3 is 117 Å². The molecule has 0 aliphatic rings. The normalized spacial score (nSPS) is 12.5. The number of ketones is 11. The first-order valence-electron chi connectivity index (χ1n) is 40.9. The summed E-state index contributed by atoms with van der Waals surface area (Å²) in [5.41, 5.74) is 0. The van der Waals surface area contributed by atoms with E-state index >= 15 is 4.79 Å². The Bertz CT molecular complexity index is 3690. The van der Waals surface area contributed by atoms with Crippen molar-refractivity contribution in [3.8, 4) is 0 Å². The molecule has 13 N–H and O–H groups in total. The lowest BCUT2D eigenvalue weighted by atomic mass is 10.0. The fourth-order valence-electron chi connectivity index (χ4n) is 10.7. The average molecular weight is 1780 g/mol. The van der Waals surface area contributed by atoms with Gasteiger partial charge in [-0.1, -0.05) is 0 Å². The van der Waals surface area contributed by atoms with E-state index in [1.54, 1.807) is 0 Å². The van der Waals surface area contributed by atoms with Crippen LogP contribution in [0.15, 0.2) is 0 Å². The highest BCUT2D eigenvalue weighted by Crippen LogP contribution is 2.14. The first-order valence-corrected chi connectivity index (χ1v) is 40.9. The zero-order valence-corrected chi connectivity index (χ0v) is 73.0. The van der Waals surface area contributed by atoms with Crippen LogP contribution in [0.25, 0.3) is 0 Å². The number of nitrogens with zero attached hydrogens (tertiary/aromatic N) is 1. The molecule has 14 amide bonds. The van der Waals surface area contributed by atoms with Gasteiger partial charge >= 0.3 is 0 Å². The van der Waals surface area contributed by atoms with Crippen LogP contribution < -0.4 is 69.1 Å². The Morgan fingerprint density at radius 2 is 0.552 bits per heavy atom. The van der Waals surface area contributed by atoms with Gasteiger partial charge in [0.1, 0.15) is 107 Å². The van der Waals surface area contributed by atoms with Gasteiger partial charge in [0.25, 0.3) is 0 Å². The van der Waals surface area contributed by atoms with E-state index in [4.69, 9.17) is 28.4 Å². The molecule has 125 heavy (non-hydrogen) atoms. The van der Waals surface area contributed by atoms with Crippen molar-refractivity contribution >= 4 is 146 Å². The largest absolute Gasteiger partial charge is 0.382 e. The second-order valence-corrected chi connectivity index (χ2v) is 29.3. The van der Waals surface area contributed by atoms with Crippen LogP contribution in [-0.2, 0) is 148 Å². The molecule has 0 aliphatic carbocycles. The van der Waals surface area contributed by atoms with Gasteiger partial charge in [-0.3, -0.25) is 105 Å². The van der Waals surface area contributed by atoms with Gasteiger partial charge in [-0.15, -0.1) is 0 Å². The maximum absolute atomic E-state index is 15.0. The molecule has 0 saturated heterocycles. The van der Waals surface area contributed by atoms with E-state index in [1.807, 2.05) is 0 Å². The Morgan fingerprint density at radius 3 is 0.952 bits per heavy atom. The highest BCUT2D eigenvalue weighted by atomic mass is 16.5. The Kier molecular flexibility index (Phi) is 61.1. The van der Waals surface area contributed by atoms with Gasteiger partial charge in [-0.2, -0.15) is 0 Å². The van der Waals surface area contributed by atoms with Crippen molar-refractivity contribution in [2.45, 2.75) is 226 Å². The molecule has 0 heterocycles. The Balaban J connectivity index is 8.09. The van der Waals surface area contributed by atoms with Gasteiger partial charge in [0, 0.05) is 111 Å². The minimum absolute atomic E-state index is 0.0254. The second-order valence-electron chi connectivity index (χ2n) is 29.3. The topological polar surface area (TPSA) is 642 Å². The number of carbonyl (C=O) groups is 25. The van der Waals surface area contributed by atoms with E-state index in [0.717, 1.165) is 20.8 Å². The third kappa shape index (κ3) is 60.0. The third-order valence-corrected chi connectivity index (χ3v) is 17.6. The smallest absolute Gasteiger partial charge is 0.249 e. The fourth-order valence-corrected chi connectivity index (χ4v) is 10.7. The predicted molar refractivity (Wildman–Crippen MR) is 438 cm³/mol. The molecule has 0 aliphatic heterocycles. The van der Waals surface area contributed by atoms with E-state index in [1.165, 1.54) is 53.7 Å². The van der Waals surface area contributed by atoms with Crippen LogP contribution in [0.4, 0.5) is 0 Å². The molecule has 0 saturated carbocycles. The van der Waals surface area contributed by atoms with Crippen LogP contribution in [0.3, 0.4) is 0 Å². The molecule has 702 valence electrons. The van der Waals surface area contributed by atoms with Gasteiger partial charge in [-0.25, -0.2) is 0 Å². The van der Waals surface area contributed by atoms with Crippen molar-refractivity contribution in [1.82, 2.24) is 74.0 Å². The molecule has 7 atom stereocenters. The fraction of sp³-hybridized carbons (Fsp3) is 0.688. The SMILES string of the molecule is COCCOCCN(CC(=O)NCCOCCOCC(=O)NC(CCC(=O)NC(CCC(=O)NC(CCC(=O)NCC(C)=O)C(=O)NCC(C)=O)C(=O)NC(CCC(=O)CCC(C)=O)C(=O)NCC(C)=O)C(=O)NC(CCC(=O)NC(CCC(=O)NCC(C)=O)C(=O)CCC(C)=O)C(=O)NC(CCC(=O)CCC(C)=O)C(=O)NCC(C)=O)C(=O)COCCOC. The van der Waals surface area contributed by atoms with E-state index in [2.05, 4.69) is 69.1 Å². The summed E-state index contributed by atoms with van der Waals surface area (Å²) >= 11 is 0. The highest BCUT2D eigenvalue weighted by Gasteiger charge is 2.35. The molecule has 0 bridgehead atoms. The van der Waals surface area contributed by atoms with Crippen LogP contribution >= 0.6 is 0 Å². The van der Waals surface area contributed by atoms with Crippen molar-refractivity contribution in [2.75, 3.05) is 133 Å². The number of ether oxygens (including phenoxy) is 6. The number of methoxy groups -OCH3 is 2. The van der Waals surface area contributed by atoms with Crippen LogP contribution in [0.1, 0.15) is 184 Å². The summed E-state index contributed by atoms with van der Waals surface area (Å²) in [6.45, 7) is 5.50. The maximum atomic E-state index is 15.0. The van der Waals surface area contributed by atoms with E-state index in [0.29, 0.717) is 0 Å². The van der Waals surface area contributed by atoms with Crippen molar-refractivity contribution < 1.29 is 148 Å². The second kappa shape index (κ2) is 67.2. The Labute approximate surface area is 724 Å². The number of carbonyl (C=O) groups excluding carboxylic acids is 25. The minimum Gasteiger partial charge on any atom is -0.382 e. The summed E-state index contributed by atoms with van der Waals surface area (Å²) in [6, 6.07) is -12.3. The van der Waals surface area contributed by atoms with E-state index in [9.17, 15) is 115 Å². The summed E-state index contributed by atoms with van der Waals surface area (Å²) < 4.78 is 31.8. The van der Waals surface area contributed by atoms with Gasteiger partial charge in [0.2, 0.25) is 82.7 Å². The minimum atomic E-state index is -2.01. The van der Waals surface area contributed by atoms with Crippen LogP contribution in [-0.4, -0.2) is 326 Å². The number of amides is 14. The molecule has 0 radical (unpaired) electrons. The summed E-state index contributed by atoms with van der Waals surface area (Å²) in [5, 5.41) is 31.0. The summed E-state index contributed by atoms with van der Waals surface area (Å²) in [4.78, 5) is 329. The predicted octanol–water partition coefficient (Wildman–Crippen LogP) is -5.51. The van der Waals surface area contributed by atoms with E-state index in [-0.39, 0.29) is 142 Å². The first kappa shape index (κ1) is 114. The highest BCUT2D eigenvalue weighted by molar-refractivity contribution is 5.99. The molecule has 0 spiro atoms. The standard InChI is InChI=1S/C80H126N14O31/c1-49(95)11-14-57(103)16-18-61(76(115)85-44-55(7)101)91-78(117)63(22-28-70(109)88-60(75(114)84-43-54(6)100)21-27-68(107)83-42-53(5)99)89-71(110)29-23-64(90-73(112)47-124-40-39-122-33-31-81-72(111)46-94(32-34-123-37-35-120-9)74(113)48-125-38-36-121-10)79(118)93-65(80(119)92-62(77(116)86-45-56(8)102)19-17-58(104)15-12-50(2)96)24-30-69(108)87-59(66(105)25-13-51(3)97)20-26-67(106)82-41-52(4)98/h59-65H,11-48H2,1-10H3,(H,81,111)(H,82,106)(H,83,107)(H,84,114)(H,85,115)(H,86,116)(H,87,108)(H,88,109)(H,89,110)(H,90,112)(H,91,117)(H,92,119)(H,93,118). The quantitative estimate of drug-likeness (QED) is 0.0253. The van der Waals surface area contributed by atoms with Crippen molar-refractivity contribution in [2.24, 2.45) is 0 Å². The molecule has 0 aromatic heterocycles. The van der Waals surface area contributed by atoms with Crippen molar-refractivity contribution in [1.29, 1.82) is 0 Å². The lowest BCUT2D eigenvalue weighted by molar-refractivity contribution is -0.141. The van der Waals surface area contributed by atoms with Gasteiger partial charge in [0.05, 0.1) is 98.2 Å². The lowest BCUT2D eigenvalue weighted by Gasteiger charge is -2.26. The summed E-state index contributed by atoms with van der Waals surface area (Å²) in [6.07, 6.45) is -9.94. The number of Topliss-reactive ketones (excluding diaryl/α,β-unsaturated/α-hetero) is 11. The zero-order chi connectivity index (χ0) is 94.4. The molecule has 0 aromatic rings. The molecular formula is C80H126N14O31. The van der Waals surface area contributed by atoms with E-state index < -0.39 is 293 Å². The van der Waals surface area contributed by atoms with Crippen molar-refractivity contribution in [3.63, 3.8) is 0 Å². The molecular weight excluding hydrogens is 1650 g/mol. The Hall–Kier alpha value is -11.3. The average Bonchev–Trinajstić information content (AvgIpc) is 0.873. The lowest BCUT2D eigenvalue weighted by Crippen LogP contribution is -2.57. The van der Waals surface area contributed by atoms with Crippen molar-refractivity contribution in [3.05, 3.63) is 0 Å². The Morgan fingerprint density at radius 1 is 0.248 bits per heavy atom. The molecule has 45 heteroatoms. The summed E-state index contributed by atoms with van der Waals surface area (Å²) in [7, 11) is 2.93. The molecule has 0 fully saturated rings. The molecule has 0 aromatic carbocycles. The maximum Gasteiger partial charge on any atom is 0.249 e.